The molecular formula is C58H38N4. The number of hydrogen-bond donors (Lipinski definition) is 0. The lowest BCUT2D eigenvalue weighted by atomic mass is 9.85. The van der Waals surface area contributed by atoms with Crippen LogP contribution in [-0.4, -0.2) is 19.1 Å². The molecule has 0 unspecified atom stereocenters. The van der Waals surface area contributed by atoms with Gasteiger partial charge in [-0.2, -0.15) is 0 Å². The fourth-order valence-corrected chi connectivity index (χ4v) is 9.35. The molecule has 0 radical (unpaired) electrons. The second-order valence-electron chi connectivity index (χ2n) is 15.7. The highest BCUT2D eigenvalue weighted by molar-refractivity contribution is 6.19. The number of rotatable bonds is 7. The smallest absolute Gasteiger partial charge is 0.145 e. The van der Waals surface area contributed by atoms with Gasteiger partial charge in [0.2, 0.25) is 0 Å². The summed E-state index contributed by atoms with van der Waals surface area (Å²) in [5.74, 6) is 1.80. The van der Waals surface area contributed by atoms with Gasteiger partial charge in [0.25, 0.3) is 0 Å². The molecule has 0 aliphatic heterocycles. The van der Waals surface area contributed by atoms with E-state index in [0.717, 1.165) is 83.3 Å². The van der Waals surface area contributed by atoms with Gasteiger partial charge in [0, 0.05) is 21.9 Å². The Kier molecular flexibility index (Phi) is 8.46. The highest BCUT2D eigenvalue weighted by atomic mass is 15.1. The van der Waals surface area contributed by atoms with Crippen LogP contribution in [0.2, 0.25) is 0 Å². The van der Waals surface area contributed by atoms with Crippen molar-refractivity contribution in [3.63, 3.8) is 0 Å². The molecule has 0 amide bonds. The predicted molar refractivity (Wildman–Crippen MR) is 258 cm³/mol. The molecule has 0 bridgehead atoms. The fraction of sp³-hybridized carbons (Fsp3) is 0. The molecular weight excluding hydrogens is 753 g/mol. The number of para-hydroxylation sites is 4. The zero-order chi connectivity index (χ0) is 41.0. The lowest BCUT2D eigenvalue weighted by Crippen LogP contribution is -2.02. The van der Waals surface area contributed by atoms with Crippen LogP contribution in [0.25, 0.3) is 111 Å². The van der Waals surface area contributed by atoms with Gasteiger partial charge in [0.05, 0.1) is 33.4 Å². The molecule has 0 saturated heterocycles. The molecule has 4 nitrogen and oxygen atoms in total. The molecule has 4 heteroatoms. The Morgan fingerprint density at radius 3 is 1.21 bits per heavy atom. The summed E-state index contributed by atoms with van der Waals surface area (Å²) in [6.45, 7) is 0. The van der Waals surface area contributed by atoms with Crippen LogP contribution in [0.1, 0.15) is 0 Å². The van der Waals surface area contributed by atoms with Crippen LogP contribution in [0, 0.1) is 0 Å². The van der Waals surface area contributed by atoms with Crippen molar-refractivity contribution in [1.82, 2.24) is 19.1 Å². The van der Waals surface area contributed by atoms with Crippen LogP contribution < -0.4 is 0 Å². The topological polar surface area (TPSA) is 35.6 Å². The third kappa shape index (κ3) is 5.84. The maximum atomic E-state index is 5.30. The number of nitrogens with zero attached hydrogens (tertiary/aromatic N) is 4. The summed E-state index contributed by atoms with van der Waals surface area (Å²) in [4.78, 5) is 10.6. The van der Waals surface area contributed by atoms with E-state index in [4.69, 9.17) is 9.97 Å². The third-order valence-electron chi connectivity index (χ3n) is 12.1. The molecule has 12 rings (SSSR count). The lowest BCUT2D eigenvalue weighted by Gasteiger charge is -2.21. The van der Waals surface area contributed by atoms with Crippen LogP contribution in [0.4, 0.5) is 0 Å². The van der Waals surface area contributed by atoms with Crippen LogP contribution in [0.3, 0.4) is 0 Å². The standard InChI is InChI=1S/C58H38N4/c1-5-19-39(20-6-1)43-35-36-44(40-21-7-2-8-22-40)49(37-43)56-45-27-17-33-52(61-54-31-15-13-29-50(54)59-57(61)41-23-9-3-10-24-41)47(45)38-48-46(56)28-18-34-53(48)62-55-32-16-14-30-51(55)60-58(62)42-25-11-4-12-26-42/h1-38H. The second-order valence-corrected chi connectivity index (χ2v) is 15.7. The van der Waals surface area contributed by atoms with Crippen molar-refractivity contribution in [2.75, 3.05) is 0 Å². The van der Waals surface area contributed by atoms with Crippen molar-refractivity contribution >= 4 is 43.6 Å². The van der Waals surface area contributed by atoms with Gasteiger partial charge in [-0.15, -0.1) is 0 Å². The zero-order valence-corrected chi connectivity index (χ0v) is 33.7. The molecule has 290 valence electrons. The molecule has 2 aromatic heterocycles. The first-order chi connectivity index (χ1) is 30.8. The normalized spacial score (nSPS) is 11.5. The van der Waals surface area contributed by atoms with Crippen molar-refractivity contribution < 1.29 is 0 Å². The zero-order valence-electron chi connectivity index (χ0n) is 33.7. The summed E-state index contributed by atoms with van der Waals surface area (Å²) in [6.07, 6.45) is 0. The molecule has 62 heavy (non-hydrogen) atoms. The molecule has 0 saturated carbocycles. The van der Waals surface area contributed by atoms with Gasteiger partial charge >= 0.3 is 0 Å². The van der Waals surface area contributed by atoms with Gasteiger partial charge in [-0.05, 0) is 92.7 Å². The summed E-state index contributed by atoms with van der Waals surface area (Å²) in [7, 11) is 0. The van der Waals surface area contributed by atoms with Crippen molar-refractivity contribution in [2.45, 2.75) is 0 Å². The van der Waals surface area contributed by atoms with E-state index in [1.807, 2.05) is 0 Å². The molecule has 0 aliphatic carbocycles. The molecule has 12 aromatic rings. The SMILES string of the molecule is c1ccc(-c2ccc(-c3ccccc3)c(-c3c4cccc(-n5c(-c6ccccc6)nc6ccccc65)c4cc4c(-n5c(-c6ccccc6)nc6ccccc65)cccc34)c2)cc1. The van der Waals surface area contributed by atoms with Crippen molar-refractivity contribution in [1.29, 1.82) is 0 Å². The molecule has 0 aliphatic rings. The summed E-state index contributed by atoms with van der Waals surface area (Å²) in [5, 5.41) is 4.56. The highest BCUT2D eigenvalue weighted by Crippen LogP contribution is 2.46. The molecule has 0 atom stereocenters. The Labute approximate surface area is 359 Å². The van der Waals surface area contributed by atoms with E-state index in [1.165, 1.54) is 27.8 Å². The Morgan fingerprint density at radius 2 is 0.710 bits per heavy atom. The summed E-state index contributed by atoms with van der Waals surface area (Å²) >= 11 is 0. The number of benzene rings is 10. The van der Waals surface area contributed by atoms with E-state index in [9.17, 15) is 0 Å². The Bertz CT molecular complexity index is 3430. The summed E-state index contributed by atoms with van der Waals surface area (Å²) in [6, 6.07) is 82.4. The number of hydrogen-bond acceptors (Lipinski definition) is 2. The number of imidazole rings is 2. The van der Waals surface area contributed by atoms with Crippen molar-refractivity contribution in [3.05, 3.63) is 231 Å². The molecule has 2 heterocycles. The monoisotopic (exact) mass is 790 g/mol. The molecule has 0 fully saturated rings. The minimum Gasteiger partial charge on any atom is -0.292 e. The van der Waals surface area contributed by atoms with E-state index in [1.54, 1.807) is 0 Å². The Morgan fingerprint density at radius 1 is 0.274 bits per heavy atom. The fourth-order valence-electron chi connectivity index (χ4n) is 9.35. The van der Waals surface area contributed by atoms with E-state index in [2.05, 4.69) is 240 Å². The van der Waals surface area contributed by atoms with Gasteiger partial charge in [0.15, 0.2) is 0 Å². The minimum atomic E-state index is 0.900. The van der Waals surface area contributed by atoms with E-state index in [-0.39, 0.29) is 0 Å². The van der Waals surface area contributed by atoms with E-state index < -0.39 is 0 Å². The average molecular weight is 791 g/mol. The average Bonchev–Trinajstić information content (AvgIpc) is 3.93. The quantitative estimate of drug-likeness (QED) is 0.151. The van der Waals surface area contributed by atoms with Crippen LogP contribution in [-0.2, 0) is 0 Å². The van der Waals surface area contributed by atoms with E-state index in [0.29, 0.717) is 0 Å². The second kappa shape index (κ2) is 14.7. The molecule has 0 N–H and O–H groups in total. The van der Waals surface area contributed by atoms with Crippen LogP contribution in [0.5, 0.6) is 0 Å². The van der Waals surface area contributed by atoms with E-state index >= 15 is 0 Å². The third-order valence-corrected chi connectivity index (χ3v) is 12.1. The first-order valence-electron chi connectivity index (χ1n) is 21.1. The first-order valence-corrected chi connectivity index (χ1v) is 21.1. The van der Waals surface area contributed by atoms with Crippen molar-refractivity contribution in [3.8, 4) is 67.5 Å². The molecule has 10 aromatic carbocycles. The summed E-state index contributed by atoms with van der Waals surface area (Å²) < 4.78 is 4.71. The van der Waals surface area contributed by atoms with Gasteiger partial charge in [-0.3, -0.25) is 9.13 Å². The van der Waals surface area contributed by atoms with Gasteiger partial charge < -0.3 is 0 Å². The maximum absolute atomic E-state index is 5.30. The van der Waals surface area contributed by atoms with Gasteiger partial charge in [-0.25, -0.2) is 9.97 Å². The number of aromatic nitrogens is 4. The van der Waals surface area contributed by atoms with Gasteiger partial charge in [-0.1, -0.05) is 182 Å². The highest BCUT2D eigenvalue weighted by Gasteiger charge is 2.23. The maximum Gasteiger partial charge on any atom is 0.145 e. The Balaban J connectivity index is 1.26. The lowest BCUT2D eigenvalue weighted by molar-refractivity contribution is 1.11. The van der Waals surface area contributed by atoms with Crippen LogP contribution in [0.15, 0.2) is 231 Å². The van der Waals surface area contributed by atoms with Crippen molar-refractivity contribution in [2.24, 2.45) is 0 Å². The predicted octanol–water partition coefficient (Wildman–Crippen LogP) is 15.0. The minimum absolute atomic E-state index is 0.900. The Hall–Kier alpha value is -8.34. The summed E-state index contributed by atoms with van der Waals surface area (Å²) in [5.41, 5.74) is 15.3. The largest absolute Gasteiger partial charge is 0.292 e. The first kappa shape index (κ1) is 35.6. The molecule has 0 spiro atoms. The van der Waals surface area contributed by atoms with Gasteiger partial charge in [0.1, 0.15) is 11.6 Å². The van der Waals surface area contributed by atoms with Crippen LogP contribution >= 0.6 is 0 Å². The number of fused-ring (bicyclic) bond motifs is 4.